The highest BCUT2D eigenvalue weighted by atomic mass is 16.5. The molecule has 1 N–H and O–H groups in total. The number of anilines is 1. The van der Waals surface area contributed by atoms with Crippen LogP contribution in [0.1, 0.15) is 37.6 Å². The summed E-state index contributed by atoms with van der Waals surface area (Å²) in [6, 6.07) is 0.286. The first-order valence-corrected chi connectivity index (χ1v) is 5.75. The minimum absolute atomic E-state index is 0.286. The lowest BCUT2D eigenvalue weighted by Crippen LogP contribution is -2.19. The summed E-state index contributed by atoms with van der Waals surface area (Å²) in [6.45, 7) is 3.19. The zero-order valence-electron chi connectivity index (χ0n) is 8.78. The van der Waals surface area contributed by atoms with Gasteiger partial charge in [-0.3, -0.25) is 0 Å². The Labute approximate surface area is 88.8 Å². The van der Waals surface area contributed by atoms with E-state index in [1.165, 1.54) is 19.3 Å². The number of nitrogens with one attached hydrogen (secondary N) is 1. The third kappa shape index (κ3) is 1.71. The zero-order chi connectivity index (χ0) is 10.1. The summed E-state index contributed by atoms with van der Waals surface area (Å²) in [4.78, 5) is 6.66. The number of aromatic nitrogens is 2. The van der Waals surface area contributed by atoms with Crippen molar-refractivity contribution in [2.24, 2.45) is 0 Å². The normalized spacial score (nSPS) is 26.4. The summed E-state index contributed by atoms with van der Waals surface area (Å²) in [5, 5.41) is 7.40. The Hall–Kier alpha value is -1.10. The van der Waals surface area contributed by atoms with Gasteiger partial charge in [-0.25, -0.2) is 0 Å². The molecule has 0 aromatic carbocycles. The van der Waals surface area contributed by atoms with Crippen molar-refractivity contribution in [3.63, 3.8) is 0 Å². The standard InChI is InChI=1S/C10H16N4O/c1-2-7-14(6-1)10-12-9(15-13-10)8-4-3-5-11-8/h8,11H,1-7H2/t8-/m1/s1. The molecule has 2 saturated heterocycles. The van der Waals surface area contributed by atoms with Gasteiger partial charge in [-0.1, -0.05) is 0 Å². The lowest BCUT2D eigenvalue weighted by atomic mass is 10.2. The lowest BCUT2D eigenvalue weighted by molar-refractivity contribution is 0.344. The van der Waals surface area contributed by atoms with Crippen LogP contribution in [0.3, 0.4) is 0 Å². The van der Waals surface area contributed by atoms with E-state index in [1.54, 1.807) is 0 Å². The highest BCUT2D eigenvalue weighted by Gasteiger charge is 2.24. The van der Waals surface area contributed by atoms with Crippen molar-refractivity contribution in [3.05, 3.63) is 5.89 Å². The Balaban J connectivity index is 1.74. The molecule has 3 rings (SSSR count). The second-order valence-electron chi connectivity index (χ2n) is 4.28. The Morgan fingerprint density at radius 3 is 2.87 bits per heavy atom. The first-order valence-electron chi connectivity index (χ1n) is 5.75. The van der Waals surface area contributed by atoms with E-state index >= 15 is 0 Å². The van der Waals surface area contributed by atoms with Crippen LogP contribution in [-0.4, -0.2) is 29.8 Å². The highest BCUT2D eigenvalue weighted by Crippen LogP contribution is 2.24. The van der Waals surface area contributed by atoms with Crippen molar-refractivity contribution >= 4 is 5.95 Å². The quantitative estimate of drug-likeness (QED) is 0.788. The fraction of sp³-hybridized carbons (Fsp3) is 0.800. The van der Waals surface area contributed by atoms with Crippen LogP contribution in [0.2, 0.25) is 0 Å². The predicted octanol–water partition coefficient (Wildman–Crippen LogP) is 1.09. The van der Waals surface area contributed by atoms with E-state index < -0.39 is 0 Å². The second kappa shape index (κ2) is 3.81. The van der Waals surface area contributed by atoms with E-state index in [2.05, 4.69) is 20.4 Å². The van der Waals surface area contributed by atoms with Gasteiger partial charge in [0.25, 0.3) is 5.95 Å². The summed E-state index contributed by atoms with van der Waals surface area (Å²) in [5.41, 5.74) is 0. The fourth-order valence-corrected chi connectivity index (χ4v) is 2.31. The molecular formula is C10H16N4O. The molecule has 0 radical (unpaired) electrons. The maximum absolute atomic E-state index is 5.30. The van der Waals surface area contributed by atoms with Crippen LogP contribution in [0, 0.1) is 0 Å². The molecule has 1 aromatic rings. The Morgan fingerprint density at radius 2 is 2.13 bits per heavy atom. The molecule has 3 heterocycles. The van der Waals surface area contributed by atoms with Crippen molar-refractivity contribution < 1.29 is 4.52 Å². The van der Waals surface area contributed by atoms with Crippen molar-refractivity contribution in [1.29, 1.82) is 0 Å². The van der Waals surface area contributed by atoms with E-state index in [4.69, 9.17) is 4.52 Å². The number of nitrogens with zero attached hydrogens (tertiary/aromatic N) is 3. The van der Waals surface area contributed by atoms with Gasteiger partial charge in [0.1, 0.15) is 0 Å². The molecule has 2 fully saturated rings. The number of rotatable bonds is 2. The molecule has 0 spiro atoms. The molecule has 0 saturated carbocycles. The second-order valence-corrected chi connectivity index (χ2v) is 4.28. The predicted molar refractivity (Wildman–Crippen MR) is 55.7 cm³/mol. The van der Waals surface area contributed by atoms with E-state index in [1.807, 2.05) is 0 Å². The highest BCUT2D eigenvalue weighted by molar-refractivity contribution is 5.29. The molecule has 5 nitrogen and oxygen atoms in total. The van der Waals surface area contributed by atoms with E-state index in [-0.39, 0.29) is 6.04 Å². The van der Waals surface area contributed by atoms with Gasteiger partial charge in [-0.15, -0.1) is 0 Å². The molecule has 2 aliphatic heterocycles. The monoisotopic (exact) mass is 208 g/mol. The van der Waals surface area contributed by atoms with Gasteiger partial charge in [0, 0.05) is 13.1 Å². The molecule has 1 atom stereocenters. The van der Waals surface area contributed by atoms with Crippen LogP contribution < -0.4 is 10.2 Å². The molecule has 0 unspecified atom stereocenters. The molecule has 0 bridgehead atoms. The smallest absolute Gasteiger partial charge is 0.266 e. The lowest BCUT2D eigenvalue weighted by Gasteiger charge is -2.10. The summed E-state index contributed by atoms with van der Waals surface area (Å²) in [7, 11) is 0. The zero-order valence-corrected chi connectivity index (χ0v) is 8.78. The van der Waals surface area contributed by atoms with Gasteiger partial charge in [-0.05, 0) is 37.4 Å². The van der Waals surface area contributed by atoms with Crippen LogP contribution >= 0.6 is 0 Å². The Morgan fingerprint density at radius 1 is 1.27 bits per heavy atom. The molecule has 0 aliphatic carbocycles. The van der Waals surface area contributed by atoms with E-state index in [0.717, 1.165) is 37.9 Å². The van der Waals surface area contributed by atoms with Crippen LogP contribution in [0.25, 0.3) is 0 Å². The Kier molecular flexibility index (Phi) is 2.32. The van der Waals surface area contributed by atoms with Gasteiger partial charge in [0.15, 0.2) is 0 Å². The maximum atomic E-state index is 5.30. The SMILES string of the molecule is C1CN[C@@H](c2nc(N3CCCC3)no2)C1. The van der Waals surface area contributed by atoms with Crippen LogP contribution in [0.5, 0.6) is 0 Å². The summed E-state index contributed by atoms with van der Waals surface area (Å²) < 4.78 is 5.30. The van der Waals surface area contributed by atoms with E-state index in [9.17, 15) is 0 Å². The fourth-order valence-electron chi connectivity index (χ4n) is 2.31. The molecule has 1 aromatic heterocycles. The molecule has 5 heteroatoms. The van der Waals surface area contributed by atoms with Gasteiger partial charge in [0.2, 0.25) is 5.89 Å². The van der Waals surface area contributed by atoms with Crippen molar-refractivity contribution in [1.82, 2.24) is 15.5 Å². The van der Waals surface area contributed by atoms with Crippen molar-refractivity contribution in [2.45, 2.75) is 31.7 Å². The first-order chi connectivity index (χ1) is 7.43. The molecule has 15 heavy (non-hydrogen) atoms. The minimum Gasteiger partial charge on any atom is -0.338 e. The van der Waals surface area contributed by atoms with Gasteiger partial charge < -0.3 is 14.7 Å². The summed E-state index contributed by atoms with van der Waals surface area (Å²) in [5.74, 6) is 1.53. The van der Waals surface area contributed by atoms with Crippen LogP contribution in [0.15, 0.2) is 4.52 Å². The Bertz CT molecular complexity index is 295. The van der Waals surface area contributed by atoms with Crippen molar-refractivity contribution in [3.8, 4) is 0 Å². The number of hydrogen-bond donors (Lipinski definition) is 1. The topological polar surface area (TPSA) is 54.2 Å². The molecule has 0 amide bonds. The largest absolute Gasteiger partial charge is 0.338 e. The van der Waals surface area contributed by atoms with Gasteiger partial charge >= 0.3 is 0 Å². The average Bonchev–Trinajstić information content (AvgIpc) is 3.02. The molecular weight excluding hydrogens is 192 g/mol. The van der Waals surface area contributed by atoms with Crippen molar-refractivity contribution in [2.75, 3.05) is 24.5 Å². The van der Waals surface area contributed by atoms with Gasteiger partial charge in [0.05, 0.1) is 6.04 Å². The summed E-state index contributed by atoms with van der Waals surface area (Å²) in [6.07, 6.45) is 4.80. The first kappa shape index (κ1) is 9.15. The summed E-state index contributed by atoms with van der Waals surface area (Å²) >= 11 is 0. The minimum atomic E-state index is 0.286. The maximum Gasteiger partial charge on any atom is 0.266 e. The number of hydrogen-bond acceptors (Lipinski definition) is 5. The average molecular weight is 208 g/mol. The molecule has 82 valence electrons. The molecule has 2 aliphatic rings. The van der Waals surface area contributed by atoms with Crippen LogP contribution in [-0.2, 0) is 0 Å². The third-order valence-corrected chi connectivity index (χ3v) is 3.18. The van der Waals surface area contributed by atoms with Gasteiger partial charge in [-0.2, -0.15) is 4.98 Å². The van der Waals surface area contributed by atoms with E-state index in [0.29, 0.717) is 0 Å². The third-order valence-electron chi connectivity index (χ3n) is 3.18. The van der Waals surface area contributed by atoms with Crippen LogP contribution in [0.4, 0.5) is 5.95 Å².